The maximum Gasteiger partial charge on any atom is 0.354 e. The van der Waals surface area contributed by atoms with Crippen LogP contribution in [0.5, 0.6) is 11.5 Å². The summed E-state index contributed by atoms with van der Waals surface area (Å²) >= 11 is 1.66. The molecule has 0 bridgehead atoms. The Labute approximate surface area is 196 Å². The number of hydrogen-bond donors (Lipinski definition) is 1. The van der Waals surface area contributed by atoms with E-state index in [1.165, 1.54) is 12.7 Å². The Morgan fingerprint density at radius 3 is 2.58 bits per heavy atom. The van der Waals surface area contributed by atoms with Gasteiger partial charge >= 0.3 is 5.97 Å². The number of rotatable bonds is 7. The number of nitrogens with one attached hydrogen (secondary N) is 1. The summed E-state index contributed by atoms with van der Waals surface area (Å²) in [6, 6.07) is 9.70. The van der Waals surface area contributed by atoms with Crippen molar-refractivity contribution in [2.75, 3.05) is 39.7 Å². The number of amides is 1. The van der Waals surface area contributed by atoms with Crippen LogP contribution < -0.4 is 14.8 Å². The van der Waals surface area contributed by atoms with Gasteiger partial charge in [-0.25, -0.2) is 4.79 Å². The summed E-state index contributed by atoms with van der Waals surface area (Å²) in [6.07, 6.45) is 2.49. The highest BCUT2D eigenvalue weighted by Gasteiger charge is 2.32. The maximum absolute atomic E-state index is 13.0. The molecule has 33 heavy (non-hydrogen) atoms. The molecule has 1 atom stereocenters. The summed E-state index contributed by atoms with van der Waals surface area (Å²) in [6.45, 7) is 0.930. The van der Waals surface area contributed by atoms with E-state index >= 15 is 0 Å². The molecule has 0 unspecified atom stereocenters. The number of benzene rings is 1. The van der Waals surface area contributed by atoms with Crippen molar-refractivity contribution >= 4 is 28.9 Å². The quantitative estimate of drug-likeness (QED) is 0.534. The Kier molecular flexibility index (Phi) is 6.71. The average molecular weight is 470 g/mol. The van der Waals surface area contributed by atoms with Crippen LogP contribution in [-0.2, 0) is 23.0 Å². The van der Waals surface area contributed by atoms with Gasteiger partial charge in [0.25, 0.3) is 0 Å². The van der Waals surface area contributed by atoms with Crippen molar-refractivity contribution in [1.82, 2.24) is 9.47 Å². The number of fused-ring (bicyclic) bond motifs is 1. The van der Waals surface area contributed by atoms with Crippen LogP contribution in [-0.4, -0.2) is 55.8 Å². The number of nitrogens with zero attached hydrogens (tertiary/aromatic N) is 2. The molecule has 2 aromatic heterocycles. The molecule has 1 N–H and O–H groups in total. The van der Waals surface area contributed by atoms with Crippen LogP contribution in [0.15, 0.2) is 41.9 Å². The Morgan fingerprint density at radius 2 is 1.91 bits per heavy atom. The number of anilines is 1. The summed E-state index contributed by atoms with van der Waals surface area (Å²) in [5.41, 5.74) is 3.23. The third-order valence-corrected chi connectivity index (χ3v) is 6.74. The fourth-order valence-electron chi connectivity index (χ4n) is 4.27. The number of ether oxygens (including phenoxy) is 3. The second-order valence-corrected chi connectivity index (χ2v) is 8.79. The number of aryl methyl sites for hydroxylation is 1. The number of esters is 1. The summed E-state index contributed by atoms with van der Waals surface area (Å²) in [4.78, 5) is 28.2. The van der Waals surface area contributed by atoms with Gasteiger partial charge in [-0.3, -0.25) is 9.69 Å². The Hall–Kier alpha value is -3.30. The minimum Gasteiger partial charge on any atom is -0.493 e. The van der Waals surface area contributed by atoms with Gasteiger partial charge in [-0.15, -0.1) is 11.3 Å². The highest BCUT2D eigenvalue weighted by Crippen LogP contribution is 2.42. The SMILES string of the molecule is COC(=O)c1cc(NC(=O)CN2CCc3cc(OC)c(OC)cc3[C@@H]2c2cccs2)cn1C. The molecular weight excluding hydrogens is 442 g/mol. The monoisotopic (exact) mass is 469 g/mol. The molecule has 8 nitrogen and oxygen atoms in total. The first-order valence-corrected chi connectivity index (χ1v) is 11.4. The lowest BCUT2D eigenvalue weighted by molar-refractivity contribution is -0.117. The van der Waals surface area contributed by atoms with Gasteiger partial charge in [0.05, 0.1) is 39.6 Å². The van der Waals surface area contributed by atoms with E-state index in [-0.39, 0.29) is 18.5 Å². The molecule has 0 aliphatic carbocycles. The second-order valence-electron chi connectivity index (χ2n) is 7.81. The molecule has 1 aromatic carbocycles. The van der Waals surface area contributed by atoms with E-state index in [1.807, 2.05) is 23.6 Å². The van der Waals surface area contributed by atoms with Crippen LogP contribution in [0.4, 0.5) is 5.69 Å². The van der Waals surface area contributed by atoms with E-state index in [2.05, 4.69) is 16.3 Å². The van der Waals surface area contributed by atoms with Gasteiger partial charge in [0.15, 0.2) is 11.5 Å². The molecule has 9 heteroatoms. The number of hydrogen-bond acceptors (Lipinski definition) is 7. The largest absolute Gasteiger partial charge is 0.493 e. The van der Waals surface area contributed by atoms with Crippen LogP contribution in [0.25, 0.3) is 0 Å². The van der Waals surface area contributed by atoms with Crippen LogP contribution in [0.2, 0.25) is 0 Å². The van der Waals surface area contributed by atoms with Crippen molar-refractivity contribution in [2.24, 2.45) is 7.05 Å². The van der Waals surface area contributed by atoms with Gasteiger partial charge in [0.2, 0.25) is 5.91 Å². The van der Waals surface area contributed by atoms with Crippen molar-refractivity contribution < 1.29 is 23.8 Å². The summed E-state index contributed by atoms with van der Waals surface area (Å²) in [5.74, 6) is 0.775. The first kappa shape index (κ1) is 22.9. The first-order chi connectivity index (χ1) is 15.9. The normalized spacial score (nSPS) is 15.6. The van der Waals surface area contributed by atoms with Crippen LogP contribution in [0.1, 0.15) is 32.5 Å². The number of carbonyl (C=O) groups excluding carboxylic acids is 2. The molecule has 0 fully saturated rings. The highest BCUT2D eigenvalue weighted by atomic mass is 32.1. The minimum atomic E-state index is -0.451. The summed E-state index contributed by atoms with van der Waals surface area (Å²) in [7, 11) is 6.32. The van der Waals surface area contributed by atoms with Gasteiger partial charge < -0.3 is 24.1 Å². The van der Waals surface area contributed by atoms with E-state index < -0.39 is 5.97 Å². The predicted octanol–water partition coefficient (Wildman–Crippen LogP) is 3.48. The molecule has 1 amide bonds. The molecule has 3 heterocycles. The van der Waals surface area contributed by atoms with Crippen LogP contribution in [0, 0.1) is 0 Å². The van der Waals surface area contributed by atoms with Crippen molar-refractivity contribution in [3.05, 3.63) is 63.6 Å². The molecule has 0 saturated heterocycles. The fourth-order valence-corrected chi connectivity index (χ4v) is 5.15. The van der Waals surface area contributed by atoms with E-state index in [9.17, 15) is 9.59 Å². The summed E-state index contributed by atoms with van der Waals surface area (Å²) < 4.78 is 17.4. The van der Waals surface area contributed by atoms with Gasteiger partial charge in [-0.1, -0.05) is 6.07 Å². The van der Waals surface area contributed by atoms with E-state index in [1.54, 1.807) is 49.4 Å². The molecule has 1 aliphatic rings. The average Bonchev–Trinajstić information content (AvgIpc) is 3.47. The molecule has 0 spiro atoms. The second kappa shape index (κ2) is 9.68. The standard InChI is InChI=1S/C24H27N3O5S/c1-26-13-16(11-18(26)24(29)32-4)25-22(28)14-27-8-7-15-10-19(30-2)20(31-3)12-17(15)23(27)21-6-5-9-33-21/h5-6,9-13,23H,7-8,14H2,1-4H3,(H,25,28)/t23-/m1/s1. The number of aromatic nitrogens is 1. The van der Waals surface area contributed by atoms with Gasteiger partial charge in [0.1, 0.15) is 5.69 Å². The third-order valence-electron chi connectivity index (χ3n) is 5.82. The highest BCUT2D eigenvalue weighted by molar-refractivity contribution is 7.10. The lowest BCUT2D eigenvalue weighted by Crippen LogP contribution is -2.40. The maximum atomic E-state index is 13.0. The lowest BCUT2D eigenvalue weighted by Gasteiger charge is -2.36. The minimum absolute atomic E-state index is 0.0688. The zero-order valence-corrected chi connectivity index (χ0v) is 19.9. The molecule has 0 radical (unpaired) electrons. The van der Waals surface area contributed by atoms with Gasteiger partial charge in [0, 0.05) is 24.7 Å². The third kappa shape index (κ3) is 4.60. The zero-order valence-electron chi connectivity index (χ0n) is 19.1. The topological polar surface area (TPSA) is 82.0 Å². The van der Waals surface area contributed by atoms with Crippen LogP contribution >= 0.6 is 11.3 Å². The summed E-state index contributed by atoms with van der Waals surface area (Å²) in [5, 5.41) is 4.95. The fraction of sp³-hybridized carbons (Fsp3) is 0.333. The number of thiophene rings is 1. The van der Waals surface area contributed by atoms with E-state index in [0.29, 0.717) is 22.9 Å². The van der Waals surface area contributed by atoms with Crippen molar-refractivity contribution in [2.45, 2.75) is 12.5 Å². The first-order valence-electron chi connectivity index (χ1n) is 10.5. The van der Waals surface area contributed by atoms with Crippen molar-refractivity contribution in [3.8, 4) is 11.5 Å². The van der Waals surface area contributed by atoms with Gasteiger partial charge in [-0.2, -0.15) is 0 Å². The van der Waals surface area contributed by atoms with E-state index in [4.69, 9.17) is 14.2 Å². The molecule has 3 aromatic rings. The molecular formula is C24H27N3O5S. The lowest BCUT2D eigenvalue weighted by atomic mass is 9.91. The van der Waals surface area contributed by atoms with Crippen molar-refractivity contribution in [3.63, 3.8) is 0 Å². The Bertz CT molecular complexity index is 1160. The molecule has 0 saturated carbocycles. The molecule has 1 aliphatic heterocycles. The number of carbonyl (C=O) groups is 2. The molecule has 174 valence electrons. The van der Waals surface area contributed by atoms with Crippen molar-refractivity contribution in [1.29, 1.82) is 0 Å². The molecule has 4 rings (SSSR count). The number of methoxy groups -OCH3 is 3. The van der Waals surface area contributed by atoms with E-state index in [0.717, 1.165) is 23.4 Å². The predicted molar refractivity (Wildman–Crippen MR) is 126 cm³/mol. The van der Waals surface area contributed by atoms with Crippen LogP contribution in [0.3, 0.4) is 0 Å². The Morgan fingerprint density at radius 1 is 1.15 bits per heavy atom. The van der Waals surface area contributed by atoms with Gasteiger partial charge in [-0.05, 0) is 47.2 Å². The zero-order chi connectivity index (χ0) is 23.5. The Balaban J connectivity index is 1.59. The smallest absolute Gasteiger partial charge is 0.354 e.